The fraction of sp³-hybridized carbons (Fsp3) is 0. The smallest absolute Gasteiger partial charge is 0.168 e. The van der Waals surface area contributed by atoms with Gasteiger partial charge in [-0.3, -0.25) is 0 Å². The predicted molar refractivity (Wildman–Crippen MR) is 118 cm³/mol. The van der Waals surface area contributed by atoms with Gasteiger partial charge in [-0.1, -0.05) is 35.9 Å². The summed E-state index contributed by atoms with van der Waals surface area (Å²) in [5, 5.41) is 9.24. The fourth-order valence-electron chi connectivity index (χ4n) is 3.11. The Morgan fingerprint density at radius 2 is 1.63 bits per heavy atom. The van der Waals surface area contributed by atoms with Gasteiger partial charge in [-0.15, -0.1) is 0 Å². The van der Waals surface area contributed by atoms with Crippen LogP contribution in [0.4, 0.5) is 11.5 Å². The van der Waals surface area contributed by atoms with Crippen molar-refractivity contribution in [3.63, 3.8) is 0 Å². The van der Waals surface area contributed by atoms with Gasteiger partial charge in [-0.25, -0.2) is 14.6 Å². The van der Waals surface area contributed by atoms with Crippen LogP contribution in [0.15, 0.2) is 91.4 Å². The Balaban J connectivity index is 1.40. The van der Waals surface area contributed by atoms with Crippen LogP contribution < -0.4 is 10.1 Å². The van der Waals surface area contributed by atoms with E-state index in [4.69, 9.17) is 16.3 Å². The molecule has 146 valence electrons. The fourth-order valence-corrected chi connectivity index (χ4v) is 3.29. The standard InChI is InChI=1S/C23H16ClN5O/c24-16-5-4-6-18(13-16)29-23-21(14-27-29)22(25-15-26-23)28-17-9-11-20(12-10-17)30-19-7-2-1-3-8-19/h1-15H,(H,25,26,28). The summed E-state index contributed by atoms with van der Waals surface area (Å²) >= 11 is 6.12. The quantitative estimate of drug-likeness (QED) is 0.382. The van der Waals surface area contributed by atoms with Gasteiger partial charge in [0.15, 0.2) is 5.65 Å². The molecule has 2 aromatic heterocycles. The predicted octanol–water partition coefficient (Wildman–Crippen LogP) is 6.00. The van der Waals surface area contributed by atoms with E-state index in [0.717, 1.165) is 28.3 Å². The van der Waals surface area contributed by atoms with Crippen molar-refractivity contribution in [1.82, 2.24) is 19.7 Å². The summed E-state index contributed by atoms with van der Waals surface area (Å²) in [6.45, 7) is 0. The van der Waals surface area contributed by atoms with Crippen LogP contribution in [-0.2, 0) is 0 Å². The lowest BCUT2D eigenvalue weighted by Gasteiger charge is -2.09. The van der Waals surface area contributed by atoms with Crippen LogP contribution in [0, 0.1) is 0 Å². The number of ether oxygens (including phenoxy) is 1. The van der Waals surface area contributed by atoms with Gasteiger partial charge in [0, 0.05) is 10.7 Å². The lowest BCUT2D eigenvalue weighted by Crippen LogP contribution is -1.99. The Morgan fingerprint density at radius 3 is 2.43 bits per heavy atom. The van der Waals surface area contributed by atoms with Gasteiger partial charge in [-0.2, -0.15) is 5.10 Å². The van der Waals surface area contributed by atoms with Crippen molar-refractivity contribution in [2.24, 2.45) is 0 Å². The molecule has 0 saturated carbocycles. The van der Waals surface area contributed by atoms with Gasteiger partial charge < -0.3 is 10.1 Å². The van der Waals surface area contributed by atoms with E-state index in [1.807, 2.05) is 78.9 Å². The molecule has 0 bridgehead atoms. The van der Waals surface area contributed by atoms with Gasteiger partial charge in [0.1, 0.15) is 23.6 Å². The van der Waals surface area contributed by atoms with Gasteiger partial charge >= 0.3 is 0 Å². The minimum atomic E-state index is 0.640. The van der Waals surface area contributed by atoms with Crippen LogP contribution in [0.25, 0.3) is 16.7 Å². The molecule has 3 aromatic carbocycles. The van der Waals surface area contributed by atoms with Crippen LogP contribution in [0.1, 0.15) is 0 Å². The molecule has 5 aromatic rings. The first-order chi connectivity index (χ1) is 14.8. The van der Waals surface area contributed by atoms with E-state index in [1.165, 1.54) is 6.33 Å². The first-order valence-electron chi connectivity index (χ1n) is 9.31. The van der Waals surface area contributed by atoms with Crippen molar-refractivity contribution in [2.75, 3.05) is 5.32 Å². The van der Waals surface area contributed by atoms with Gasteiger partial charge in [0.05, 0.1) is 17.3 Å². The number of fused-ring (bicyclic) bond motifs is 1. The van der Waals surface area contributed by atoms with E-state index in [1.54, 1.807) is 10.9 Å². The average molecular weight is 414 g/mol. The van der Waals surface area contributed by atoms with Crippen molar-refractivity contribution in [3.8, 4) is 17.2 Å². The van der Waals surface area contributed by atoms with Crippen LogP contribution in [0.2, 0.25) is 5.02 Å². The molecule has 30 heavy (non-hydrogen) atoms. The third kappa shape index (κ3) is 3.68. The number of halogens is 1. The minimum Gasteiger partial charge on any atom is -0.457 e. The second-order valence-electron chi connectivity index (χ2n) is 6.56. The van der Waals surface area contributed by atoms with Crippen molar-refractivity contribution in [3.05, 3.63) is 96.4 Å². The first-order valence-corrected chi connectivity index (χ1v) is 9.69. The Labute approximate surface area is 177 Å². The molecule has 0 radical (unpaired) electrons. The summed E-state index contributed by atoms with van der Waals surface area (Å²) in [6.07, 6.45) is 3.26. The Hall–Kier alpha value is -3.90. The molecule has 6 nitrogen and oxygen atoms in total. The second-order valence-corrected chi connectivity index (χ2v) is 7.00. The normalized spacial score (nSPS) is 10.8. The van der Waals surface area contributed by atoms with Crippen molar-refractivity contribution < 1.29 is 4.74 Å². The van der Waals surface area contributed by atoms with E-state index in [0.29, 0.717) is 16.5 Å². The third-order valence-electron chi connectivity index (χ3n) is 4.51. The Morgan fingerprint density at radius 1 is 0.833 bits per heavy atom. The molecule has 0 spiro atoms. The zero-order chi connectivity index (χ0) is 20.3. The van der Waals surface area contributed by atoms with Crippen LogP contribution in [0.3, 0.4) is 0 Å². The Kier molecular flexibility index (Phi) is 4.75. The number of rotatable bonds is 5. The number of hydrogen-bond donors (Lipinski definition) is 1. The van der Waals surface area contributed by atoms with Crippen LogP contribution in [-0.4, -0.2) is 19.7 Å². The van der Waals surface area contributed by atoms with Crippen molar-refractivity contribution in [2.45, 2.75) is 0 Å². The lowest BCUT2D eigenvalue weighted by molar-refractivity contribution is 0.483. The molecule has 0 aliphatic rings. The number of nitrogens with zero attached hydrogens (tertiary/aromatic N) is 4. The maximum atomic E-state index is 6.12. The summed E-state index contributed by atoms with van der Waals surface area (Å²) in [5.41, 5.74) is 2.41. The van der Waals surface area contributed by atoms with E-state index < -0.39 is 0 Å². The lowest BCUT2D eigenvalue weighted by atomic mass is 10.3. The summed E-state index contributed by atoms with van der Waals surface area (Å²) in [4.78, 5) is 8.78. The van der Waals surface area contributed by atoms with Gasteiger partial charge in [-0.05, 0) is 54.6 Å². The molecule has 0 saturated heterocycles. The number of anilines is 2. The summed E-state index contributed by atoms with van der Waals surface area (Å²) in [5.74, 6) is 2.22. The maximum Gasteiger partial charge on any atom is 0.168 e. The van der Waals surface area contributed by atoms with E-state index in [9.17, 15) is 0 Å². The van der Waals surface area contributed by atoms with E-state index in [-0.39, 0.29) is 0 Å². The highest BCUT2D eigenvalue weighted by atomic mass is 35.5. The average Bonchev–Trinajstić information content (AvgIpc) is 3.21. The highest BCUT2D eigenvalue weighted by Gasteiger charge is 2.11. The van der Waals surface area contributed by atoms with Crippen LogP contribution in [0.5, 0.6) is 11.5 Å². The topological polar surface area (TPSA) is 64.9 Å². The largest absolute Gasteiger partial charge is 0.457 e. The number of benzene rings is 3. The van der Waals surface area contributed by atoms with Crippen LogP contribution >= 0.6 is 11.6 Å². The van der Waals surface area contributed by atoms with E-state index in [2.05, 4.69) is 20.4 Å². The number of para-hydroxylation sites is 1. The summed E-state index contributed by atoms with van der Waals surface area (Å²) in [6, 6.07) is 24.8. The summed E-state index contributed by atoms with van der Waals surface area (Å²) in [7, 11) is 0. The van der Waals surface area contributed by atoms with Crippen molar-refractivity contribution >= 4 is 34.1 Å². The molecule has 5 rings (SSSR count). The molecular weight excluding hydrogens is 398 g/mol. The molecule has 1 N–H and O–H groups in total. The number of hydrogen-bond acceptors (Lipinski definition) is 5. The van der Waals surface area contributed by atoms with Gasteiger partial charge in [0.2, 0.25) is 0 Å². The zero-order valence-electron chi connectivity index (χ0n) is 15.7. The second kappa shape index (κ2) is 7.85. The molecule has 0 amide bonds. The first kappa shape index (κ1) is 18.1. The number of nitrogens with one attached hydrogen (secondary N) is 1. The monoisotopic (exact) mass is 413 g/mol. The molecule has 0 aliphatic carbocycles. The van der Waals surface area contributed by atoms with Crippen molar-refractivity contribution in [1.29, 1.82) is 0 Å². The van der Waals surface area contributed by atoms with Gasteiger partial charge in [0.25, 0.3) is 0 Å². The zero-order valence-corrected chi connectivity index (χ0v) is 16.5. The SMILES string of the molecule is Clc1cccc(-n2ncc3c(Nc4ccc(Oc5ccccc5)cc4)ncnc32)c1. The third-order valence-corrected chi connectivity index (χ3v) is 4.75. The molecule has 0 fully saturated rings. The summed E-state index contributed by atoms with van der Waals surface area (Å²) < 4.78 is 7.58. The van der Waals surface area contributed by atoms with E-state index >= 15 is 0 Å². The Bertz CT molecular complexity index is 1300. The molecule has 0 unspecified atom stereocenters. The highest BCUT2D eigenvalue weighted by molar-refractivity contribution is 6.30. The molecular formula is C23H16ClN5O. The molecule has 0 aliphatic heterocycles. The molecule has 0 atom stereocenters. The molecule has 7 heteroatoms. The minimum absolute atomic E-state index is 0.640. The maximum absolute atomic E-state index is 6.12. The highest BCUT2D eigenvalue weighted by Crippen LogP contribution is 2.27. The number of aromatic nitrogens is 4. The molecule has 2 heterocycles.